The molecule has 0 fully saturated rings. The van der Waals surface area contributed by atoms with Crippen molar-refractivity contribution >= 4 is 5.69 Å². The molecule has 0 saturated heterocycles. The van der Waals surface area contributed by atoms with Crippen molar-refractivity contribution in [3.63, 3.8) is 0 Å². The average molecular weight is 229 g/mol. The fourth-order valence-corrected chi connectivity index (χ4v) is 1.31. The van der Waals surface area contributed by atoms with Crippen LogP contribution in [0.3, 0.4) is 0 Å². The molecule has 0 aliphatic rings. The van der Waals surface area contributed by atoms with Gasteiger partial charge in [0, 0.05) is 12.1 Å². The molecule has 0 radical (unpaired) electrons. The molecule has 1 aromatic carbocycles. The number of alkyl halides is 2. The summed E-state index contributed by atoms with van der Waals surface area (Å²) in [6.45, 7) is 4.59. The second-order valence-electron chi connectivity index (χ2n) is 4.14. The van der Waals surface area contributed by atoms with Crippen LogP contribution in [0, 0.1) is 13.8 Å². The van der Waals surface area contributed by atoms with Gasteiger partial charge in [-0.25, -0.2) is 8.78 Å². The van der Waals surface area contributed by atoms with Gasteiger partial charge in [0.1, 0.15) is 5.75 Å². The number of hydrogen-bond donors (Lipinski definition) is 1. The first kappa shape index (κ1) is 12.7. The minimum Gasteiger partial charge on any atom is -0.493 e. The largest absolute Gasteiger partial charge is 0.493 e. The third-order valence-corrected chi connectivity index (χ3v) is 2.36. The van der Waals surface area contributed by atoms with E-state index in [1.807, 2.05) is 13.8 Å². The van der Waals surface area contributed by atoms with Crippen molar-refractivity contribution in [2.75, 3.05) is 12.3 Å². The zero-order chi connectivity index (χ0) is 12.3. The van der Waals surface area contributed by atoms with E-state index in [0.29, 0.717) is 11.4 Å². The minimum absolute atomic E-state index is 0.00764. The van der Waals surface area contributed by atoms with Crippen molar-refractivity contribution in [3.05, 3.63) is 23.3 Å². The van der Waals surface area contributed by atoms with Gasteiger partial charge in [-0.1, -0.05) is 0 Å². The molecule has 0 saturated carbocycles. The molecule has 2 N–H and O–H groups in total. The van der Waals surface area contributed by atoms with Crippen LogP contribution in [0.1, 0.15) is 24.5 Å². The second-order valence-corrected chi connectivity index (χ2v) is 4.14. The second kappa shape index (κ2) is 4.68. The summed E-state index contributed by atoms with van der Waals surface area (Å²) in [4.78, 5) is 0. The highest BCUT2D eigenvalue weighted by atomic mass is 19.3. The number of aryl methyl sites for hydroxylation is 2. The predicted octanol–water partition coefficient (Wildman–Crippen LogP) is 3.31. The van der Waals surface area contributed by atoms with Gasteiger partial charge in [-0.3, -0.25) is 0 Å². The van der Waals surface area contributed by atoms with Crippen molar-refractivity contribution in [1.82, 2.24) is 0 Å². The highest BCUT2D eigenvalue weighted by Crippen LogP contribution is 2.25. The Bertz CT molecular complexity index is 372. The van der Waals surface area contributed by atoms with Crippen LogP contribution in [0.25, 0.3) is 0 Å². The number of anilines is 1. The van der Waals surface area contributed by atoms with Crippen molar-refractivity contribution in [2.24, 2.45) is 0 Å². The van der Waals surface area contributed by atoms with Gasteiger partial charge in [0.25, 0.3) is 0 Å². The standard InChI is InChI=1S/C12H17F2NO/c1-8-7-11(9(2)6-10(8)15)16-5-4-12(3,13)14/h6-7H,4-5,15H2,1-3H3. The van der Waals surface area contributed by atoms with Gasteiger partial charge >= 0.3 is 0 Å². The summed E-state index contributed by atoms with van der Waals surface area (Å²) in [7, 11) is 0. The Morgan fingerprint density at radius 2 is 1.88 bits per heavy atom. The summed E-state index contributed by atoms with van der Waals surface area (Å²) in [5, 5.41) is 0. The van der Waals surface area contributed by atoms with Crippen molar-refractivity contribution in [1.29, 1.82) is 0 Å². The monoisotopic (exact) mass is 229 g/mol. The molecule has 1 aromatic rings. The number of halogens is 2. The van der Waals surface area contributed by atoms with Crippen molar-refractivity contribution in [2.45, 2.75) is 33.1 Å². The van der Waals surface area contributed by atoms with E-state index >= 15 is 0 Å². The Morgan fingerprint density at radius 1 is 1.25 bits per heavy atom. The van der Waals surface area contributed by atoms with E-state index in [0.717, 1.165) is 18.1 Å². The molecule has 0 aliphatic carbocycles. The number of hydrogen-bond acceptors (Lipinski definition) is 2. The van der Waals surface area contributed by atoms with E-state index in [1.165, 1.54) is 0 Å². The lowest BCUT2D eigenvalue weighted by Gasteiger charge is -2.14. The molecule has 0 atom stereocenters. The smallest absolute Gasteiger partial charge is 0.248 e. The number of nitrogen functional groups attached to an aromatic ring is 1. The van der Waals surface area contributed by atoms with Gasteiger partial charge in [0.15, 0.2) is 0 Å². The van der Waals surface area contributed by atoms with Gasteiger partial charge < -0.3 is 10.5 Å². The summed E-state index contributed by atoms with van der Waals surface area (Å²) in [6.07, 6.45) is -0.282. The Labute approximate surface area is 94.4 Å². The van der Waals surface area contributed by atoms with E-state index in [2.05, 4.69) is 0 Å². The molecule has 0 aromatic heterocycles. The molecule has 0 bridgehead atoms. The van der Waals surface area contributed by atoms with E-state index < -0.39 is 5.92 Å². The van der Waals surface area contributed by atoms with E-state index in [1.54, 1.807) is 12.1 Å². The molecular formula is C12H17F2NO. The van der Waals surface area contributed by atoms with Crippen LogP contribution in [0.15, 0.2) is 12.1 Å². The lowest BCUT2D eigenvalue weighted by molar-refractivity contribution is 0.000791. The predicted molar refractivity (Wildman–Crippen MR) is 61.1 cm³/mol. The Morgan fingerprint density at radius 3 is 2.44 bits per heavy atom. The molecule has 0 aliphatic heterocycles. The average Bonchev–Trinajstić information content (AvgIpc) is 2.11. The first-order valence-corrected chi connectivity index (χ1v) is 5.17. The molecule has 16 heavy (non-hydrogen) atoms. The van der Waals surface area contributed by atoms with Gasteiger partial charge in [-0.15, -0.1) is 0 Å². The maximum atomic E-state index is 12.6. The van der Waals surface area contributed by atoms with Gasteiger partial charge in [-0.2, -0.15) is 0 Å². The van der Waals surface area contributed by atoms with Gasteiger partial charge in [-0.05, 0) is 44.0 Å². The van der Waals surface area contributed by atoms with Crippen LogP contribution < -0.4 is 10.5 Å². The molecule has 2 nitrogen and oxygen atoms in total. The molecule has 90 valence electrons. The quantitative estimate of drug-likeness (QED) is 0.804. The summed E-state index contributed by atoms with van der Waals surface area (Å²) in [6, 6.07) is 3.56. The van der Waals surface area contributed by atoms with E-state index in [4.69, 9.17) is 10.5 Å². The third-order valence-electron chi connectivity index (χ3n) is 2.36. The van der Waals surface area contributed by atoms with Gasteiger partial charge in [0.05, 0.1) is 6.61 Å². The molecule has 0 amide bonds. The molecule has 1 rings (SSSR count). The van der Waals surface area contributed by atoms with Crippen LogP contribution in [-0.2, 0) is 0 Å². The lowest BCUT2D eigenvalue weighted by atomic mass is 10.1. The molecule has 0 unspecified atom stereocenters. The molecule has 0 heterocycles. The number of benzene rings is 1. The first-order valence-electron chi connectivity index (χ1n) is 5.17. The lowest BCUT2D eigenvalue weighted by Crippen LogP contribution is -2.15. The number of rotatable bonds is 4. The fraction of sp³-hybridized carbons (Fsp3) is 0.500. The Hall–Kier alpha value is -1.32. The normalized spacial score (nSPS) is 11.6. The molecular weight excluding hydrogens is 212 g/mol. The van der Waals surface area contributed by atoms with Crippen LogP contribution in [-0.4, -0.2) is 12.5 Å². The van der Waals surface area contributed by atoms with Crippen molar-refractivity contribution in [3.8, 4) is 5.75 Å². The molecule has 0 spiro atoms. The highest BCUT2D eigenvalue weighted by Gasteiger charge is 2.20. The molecule has 4 heteroatoms. The van der Waals surface area contributed by atoms with Gasteiger partial charge in [0.2, 0.25) is 5.92 Å². The van der Waals surface area contributed by atoms with Crippen LogP contribution in [0.4, 0.5) is 14.5 Å². The van der Waals surface area contributed by atoms with Crippen LogP contribution in [0.2, 0.25) is 0 Å². The maximum absolute atomic E-state index is 12.6. The topological polar surface area (TPSA) is 35.2 Å². The highest BCUT2D eigenvalue weighted by molar-refractivity contribution is 5.53. The van der Waals surface area contributed by atoms with Crippen LogP contribution >= 0.6 is 0 Å². The minimum atomic E-state index is -2.68. The summed E-state index contributed by atoms with van der Waals surface area (Å²) in [5.41, 5.74) is 8.15. The third kappa shape index (κ3) is 3.68. The van der Waals surface area contributed by atoms with E-state index in [9.17, 15) is 8.78 Å². The zero-order valence-electron chi connectivity index (χ0n) is 9.81. The zero-order valence-corrected chi connectivity index (χ0v) is 9.81. The summed E-state index contributed by atoms with van der Waals surface area (Å²) < 4.78 is 30.5. The van der Waals surface area contributed by atoms with Crippen LogP contribution in [0.5, 0.6) is 5.75 Å². The fourth-order valence-electron chi connectivity index (χ4n) is 1.31. The number of nitrogens with two attached hydrogens (primary N) is 1. The number of ether oxygens (including phenoxy) is 1. The maximum Gasteiger partial charge on any atom is 0.248 e. The Balaban J connectivity index is 2.64. The first-order chi connectivity index (χ1) is 7.29. The Kier molecular flexibility index (Phi) is 3.73. The summed E-state index contributed by atoms with van der Waals surface area (Å²) in [5.74, 6) is -2.06. The van der Waals surface area contributed by atoms with Crippen molar-refractivity contribution < 1.29 is 13.5 Å². The summed E-state index contributed by atoms with van der Waals surface area (Å²) >= 11 is 0. The SMILES string of the molecule is Cc1cc(OCCC(C)(F)F)c(C)cc1N. The van der Waals surface area contributed by atoms with E-state index in [-0.39, 0.29) is 13.0 Å².